The molecule has 0 radical (unpaired) electrons. The van der Waals surface area contributed by atoms with Crippen LogP contribution in [-0.2, 0) is 0 Å². The molecule has 21 heavy (non-hydrogen) atoms. The van der Waals surface area contributed by atoms with Gasteiger partial charge in [0.25, 0.3) is 0 Å². The molecule has 1 aliphatic rings. The highest BCUT2D eigenvalue weighted by molar-refractivity contribution is 7.14. The lowest BCUT2D eigenvalue weighted by molar-refractivity contribution is 0.170. The summed E-state index contributed by atoms with van der Waals surface area (Å²) in [7, 11) is 0. The van der Waals surface area contributed by atoms with Gasteiger partial charge >= 0.3 is 6.03 Å². The molecule has 3 rings (SSSR count). The van der Waals surface area contributed by atoms with Gasteiger partial charge in [-0.05, 0) is 26.2 Å². The van der Waals surface area contributed by atoms with E-state index >= 15 is 0 Å². The van der Waals surface area contributed by atoms with Gasteiger partial charge in [-0.15, -0.1) is 11.3 Å². The first-order valence-electron chi connectivity index (χ1n) is 7.32. The predicted octanol–water partition coefficient (Wildman–Crippen LogP) is 4.22. The van der Waals surface area contributed by atoms with Crippen LogP contribution in [0, 0.1) is 0 Å². The van der Waals surface area contributed by atoms with E-state index in [1.807, 2.05) is 40.6 Å². The first kappa shape index (κ1) is 14.1. The smallest absolute Gasteiger partial charge is 0.322 e. The van der Waals surface area contributed by atoms with E-state index in [-0.39, 0.29) is 6.03 Å². The standard InChI is InChI=1S/C16H19N3OS/c1-12-7-5-6-10-19(12)16(20)18-15-17-14(11-21-15)13-8-3-2-4-9-13/h2-4,8-9,11-12H,5-7,10H2,1H3,(H,17,18,20). The number of hydrogen-bond acceptors (Lipinski definition) is 3. The number of likely N-dealkylation sites (tertiary alicyclic amines) is 1. The number of nitrogens with one attached hydrogen (secondary N) is 1. The lowest BCUT2D eigenvalue weighted by Gasteiger charge is -2.32. The molecule has 0 spiro atoms. The predicted molar refractivity (Wildman–Crippen MR) is 86.6 cm³/mol. The number of nitrogens with zero attached hydrogens (tertiary/aromatic N) is 2. The number of anilines is 1. The Bertz CT molecular complexity index is 611. The average molecular weight is 301 g/mol. The maximum absolute atomic E-state index is 12.3. The number of urea groups is 1. The number of aromatic nitrogens is 1. The number of amides is 2. The van der Waals surface area contributed by atoms with Gasteiger partial charge in [0, 0.05) is 23.5 Å². The largest absolute Gasteiger partial charge is 0.323 e. The van der Waals surface area contributed by atoms with Gasteiger partial charge in [0.15, 0.2) is 5.13 Å². The molecule has 0 bridgehead atoms. The van der Waals surface area contributed by atoms with Gasteiger partial charge in [-0.3, -0.25) is 5.32 Å². The van der Waals surface area contributed by atoms with Crippen LogP contribution < -0.4 is 5.32 Å². The summed E-state index contributed by atoms with van der Waals surface area (Å²) in [6, 6.07) is 10.3. The molecule has 1 aromatic carbocycles. The minimum absolute atomic E-state index is 0.0313. The summed E-state index contributed by atoms with van der Waals surface area (Å²) in [5.41, 5.74) is 1.98. The molecular weight excluding hydrogens is 282 g/mol. The van der Waals surface area contributed by atoms with Crippen LogP contribution in [-0.4, -0.2) is 28.5 Å². The van der Waals surface area contributed by atoms with Crippen LogP contribution in [0.15, 0.2) is 35.7 Å². The van der Waals surface area contributed by atoms with Crippen molar-refractivity contribution in [3.8, 4) is 11.3 Å². The maximum Gasteiger partial charge on any atom is 0.323 e. The first-order valence-corrected chi connectivity index (χ1v) is 8.20. The molecule has 0 aliphatic carbocycles. The zero-order valence-electron chi connectivity index (χ0n) is 12.1. The number of piperidine rings is 1. The van der Waals surface area contributed by atoms with Crippen molar-refractivity contribution in [3.05, 3.63) is 35.7 Å². The Morgan fingerprint density at radius 3 is 2.90 bits per heavy atom. The third kappa shape index (κ3) is 3.24. The van der Waals surface area contributed by atoms with Crippen LogP contribution in [0.5, 0.6) is 0 Å². The number of thiazole rings is 1. The zero-order valence-corrected chi connectivity index (χ0v) is 12.9. The molecular formula is C16H19N3OS. The van der Waals surface area contributed by atoms with Gasteiger partial charge in [-0.1, -0.05) is 30.3 Å². The second-order valence-corrected chi connectivity index (χ2v) is 6.23. The quantitative estimate of drug-likeness (QED) is 0.902. The molecule has 2 heterocycles. The van der Waals surface area contributed by atoms with Crippen molar-refractivity contribution in [2.24, 2.45) is 0 Å². The Hall–Kier alpha value is -1.88. The van der Waals surface area contributed by atoms with Gasteiger partial charge < -0.3 is 4.90 Å². The summed E-state index contributed by atoms with van der Waals surface area (Å²) < 4.78 is 0. The Kier molecular flexibility index (Phi) is 4.20. The number of rotatable bonds is 2. The molecule has 2 amide bonds. The molecule has 1 aliphatic heterocycles. The fourth-order valence-corrected chi connectivity index (χ4v) is 3.35. The monoisotopic (exact) mass is 301 g/mol. The van der Waals surface area contributed by atoms with E-state index in [1.165, 1.54) is 17.8 Å². The van der Waals surface area contributed by atoms with Gasteiger partial charge in [0.1, 0.15) is 0 Å². The lowest BCUT2D eigenvalue weighted by atomic mass is 10.0. The number of benzene rings is 1. The number of carbonyl (C=O) groups is 1. The van der Waals surface area contributed by atoms with Crippen LogP contribution in [0.2, 0.25) is 0 Å². The van der Waals surface area contributed by atoms with Crippen LogP contribution in [0.3, 0.4) is 0 Å². The second kappa shape index (κ2) is 6.26. The van der Waals surface area contributed by atoms with Gasteiger partial charge in [0.05, 0.1) is 5.69 Å². The zero-order chi connectivity index (χ0) is 14.7. The van der Waals surface area contributed by atoms with Crippen LogP contribution in [0.1, 0.15) is 26.2 Å². The number of hydrogen-bond donors (Lipinski definition) is 1. The van der Waals surface area contributed by atoms with Crippen molar-refractivity contribution in [3.63, 3.8) is 0 Å². The summed E-state index contributed by atoms with van der Waals surface area (Å²) in [5, 5.41) is 5.57. The van der Waals surface area contributed by atoms with E-state index in [0.717, 1.165) is 30.6 Å². The highest BCUT2D eigenvalue weighted by Gasteiger charge is 2.23. The topological polar surface area (TPSA) is 45.2 Å². The molecule has 2 aromatic rings. The molecule has 4 nitrogen and oxygen atoms in total. The van der Waals surface area contributed by atoms with Crippen LogP contribution >= 0.6 is 11.3 Å². The Morgan fingerprint density at radius 1 is 1.33 bits per heavy atom. The molecule has 1 atom stereocenters. The Balaban J connectivity index is 1.68. The molecule has 1 fully saturated rings. The van der Waals surface area contributed by atoms with Gasteiger partial charge in [-0.25, -0.2) is 9.78 Å². The van der Waals surface area contributed by atoms with Crippen molar-refractivity contribution in [1.29, 1.82) is 0 Å². The number of carbonyl (C=O) groups excluding carboxylic acids is 1. The summed E-state index contributed by atoms with van der Waals surface area (Å²) in [4.78, 5) is 18.7. The third-order valence-electron chi connectivity index (χ3n) is 3.85. The second-order valence-electron chi connectivity index (χ2n) is 5.37. The Morgan fingerprint density at radius 2 is 2.14 bits per heavy atom. The highest BCUT2D eigenvalue weighted by atomic mass is 32.1. The fourth-order valence-electron chi connectivity index (χ4n) is 2.64. The molecule has 1 saturated heterocycles. The average Bonchev–Trinajstić information content (AvgIpc) is 2.97. The van der Waals surface area contributed by atoms with E-state index in [2.05, 4.69) is 17.2 Å². The third-order valence-corrected chi connectivity index (χ3v) is 4.61. The van der Waals surface area contributed by atoms with Crippen molar-refractivity contribution in [2.45, 2.75) is 32.2 Å². The minimum atomic E-state index is -0.0313. The SMILES string of the molecule is CC1CCCCN1C(=O)Nc1nc(-c2ccccc2)cs1. The fraction of sp³-hybridized carbons (Fsp3) is 0.375. The normalized spacial score (nSPS) is 18.5. The summed E-state index contributed by atoms with van der Waals surface area (Å²) in [5.74, 6) is 0. The van der Waals surface area contributed by atoms with Crippen molar-refractivity contribution < 1.29 is 4.79 Å². The Labute approximate surface area is 128 Å². The minimum Gasteiger partial charge on any atom is -0.322 e. The highest BCUT2D eigenvalue weighted by Crippen LogP contribution is 2.25. The molecule has 1 unspecified atom stereocenters. The molecule has 5 heteroatoms. The van der Waals surface area contributed by atoms with Crippen molar-refractivity contribution in [2.75, 3.05) is 11.9 Å². The van der Waals surface area contributed by atoms with E-state index in [0.29, 0.717) is 11.2 Å². The van der Waals surface area contributed by atoms with Crippen molar-refractivity contribution >= 4 is 22.5 Å². The summed E-state index contributed by atoms with van der Waals surface area (Å²) >= 11 is 1.47. The summed E-state index contributed by atoms with van der Waals surface area (Å²) in [6.07, 6.45) is 3.38. The van der Waals surface area contributed by atoms with E-state index in [4.69, 9.17) is 0 Å². The summed E-state index contributed by atoms with van der Waals surface area (Å²) in [6.45, 7) is 2.94. The van der Waals surface area contributed by atoms with Crippen LogP contribution in [0.25, 0.3) is 11.3 Å². The van der Waals surface area contributed by atoms with Crippen LogP contribution in [0.4, 0.5) is 9.93 Å². The van der Waals surface area contributed by atoms with E-state index < -0.39 is 0 Å². The van der Waals surface area contributed by atoms with E-state index in [1.54, 1.807) is 0 Å². The lowest BCUT2D eigenvalue weighted by Crippen LogP contribution is -2.44. The molecule has 1 aromatic heterocycles. The van der Waals surface area contributed by atoms with Gasteiger partial charge in [0.2, 0.25) is 0 Å². The first-order chi connectivity index (χ1) is 10.2. The molecule has 0 saturated carbocycles. The van der Waals surface area contributed by atoms with E-state index in [9.17, 15) is 4.79 Å². The van der Waals surface area contributed by atoms with Crippen molar-refractivity contribution in [1.82, 2.24) is 9.88 Å². The molecule has 110 valence electrons. The molecule has 1 N–H and O–H groups in total. The maximum atomic E-state index is 12.3. The van der Waals surface area contributed by atoms with Gasteiger partial charge in [-0.2, -0.15) is 0 Å².